The van der Waals surface area contributed by atoms with Gasteiger partial charge in [0.25, 0.3) is 5.56 Å². The van der Waals surface area contributed by atoms with E-state index in [0.29, 0.717) is 27.8 Å². The highest BCUT2D eigenvalue weighted by atomic mass is 32.2. The third kappa shape index (κ3) is 3.93. The summed E-state index contributed by atoms with van der Waals surface area (Å²) in [7, 11) is 0. The topological polar surface area (TPSA) is 84.1 Å². The number of carbonyl (C=O) groups excluding carboxylic acids is 1. The summed E-state index contributed by atoms with van der Waals surface area (Å²) in [5.41, 5.74) is 2.14. The lowest BCUT2D eigenvalue weighted by molar-refractivity contribution is -0.138. The number of H-pyrrole nitrogens is 1. The smallest absolute Gasteiger partial charge is 0.336 e. The lowest BCUT2D eigenvalue weighted by atomic mass is 9.82. The number of fused-ring (bicyclic) bond motifs is 1. The van der Waals surface area contributed by atoms with Crippen LogP contribution in [0.15, 0.2) is 51.6 Å². The van der Waals surface area contributed by atoms with E-state index in [-0.39, 0.29) is 12.2 Å². The summed E-state index contributed by atoms with van der Waals surface area (Å²) in [4.78, 5) is 33.1. The fourth-order valence-corrected chi connectivity index (χ4v) is 3.87. The Balaban J connectivity index is 2.17. The van der Waals surface area contributed by atoms with Crippen molar-refractivity contribution in [2.45, 2.75) is 38.3 Å². The van der Waals surface area contributed by atoms with Crippen LogP contribution in [0.3, 0.4) is 0 Å². The molecule has 0 spiro atoms. The molecule has 0 fully saturated rings. The number of allylic oxidation sites excluding steroid dienone is 1. The van der Waals surface area contributed by atoms with Crippen molar-refractivity contribution in [3.05, 3.63) is 63.1 Å². The van der Waals surface area contributed by atoms with E-state index in [9.17, 15) is 9.59 Å². The summed E-state index contributed by atoms with van der Waals surface area (Å²) >= 11 is 1.51. The Labute approximate surface area is 162 Å². The van der Waals surface area contributed by atoms with Crippen molar-refractivity contribution in [3.63, 3.8) is 0 Å². The predicted molar refractivity (Wildman–Crippen MR) is 107 cm³/mol. The first-order chi connectivity index (χ1) is 13.1. The second-order valence-corrected chi connectivity index (χ2v) is 7.29. The number of hydrogen-bond acceptors (Lipinski definition) is 6. The number of carbonyl (C=O) groups is 1. The van der Waals surface area contributed by atoms with Crippen LogP contribution in [0.5, 0.6) is 0 Å². The number of esters is 1. The number of nitrogens with zero attached hydrogens (tertiary/aromatic N) is 1. The summed E-state index contributed by atoms with van der Waals surface area (Å²) < 4.78 is 5.26. The molecule has 142 valence electrons. The first kappa shape index (κ1) is 19.2. The fraction of sp³-hybridized carbons (Fsp3) is 0.350. The van der Waals surface area contributed by atoms with E-state index in [0.717, 1.165) is 17.7 Å². The third-order valence-corrected chi connectivity index (χ3v) is 5.37. The molecule has 0 bridgehead atoms. The molecule has 0 saturated carbocycles. The molecule has 2 aromatic rings. The maximum Gasteiger partial charge on any atom is 0.336 e. The lowest BCUT2D eigenvalue weighted by Crippen LogP contribution is -2.31. The van der Waals surface area contributed by atoms with Crippen molar-refractivity contribution in [3.8, 4) is 0 Å². The van der Waals surface area contributed by atoms with Gasteiger partial charge in [0.1, 0.15) is 5.82 Å². The molecule has 0 radical (unpaired) electrons. The molecule has 2 N–H and O–H groups in total. The second-order valence-electron chi connectivity index (χ2n) is 6.21. The molecule has 0 saturated heterocycles. The summed E-state index contributed by atoms with van der Waals surface area (Å²) in [5.74, 6) is 0.415. The van der Waals surface area contributed by atoms with Gasteiger partial charge in [0.15, 0.2) is 5.16 Å². The van der Waals surface area contributed by atoms with Crippen LogP contribution in [-0.2, 0) is 9.53 Å². The largest absolute Gasteiger partial charge is 0.463 e. The Morgan fingerprint density at radius 1 is 1.26 bits per heavy atom. The molecule has 1 unspecified atom stereocenters. The molecule has 2 heterocycles. The van der Waals surface area contributed by atoms with E-state index in [2.05, 4.69) is 22.2 Å². The van der Waals surface area contributed by atoms with E-state index in [4.69, 9.17) is 4.74 Å². The monoisotopic (exact) mass is 385 g/mol. The molecular formula is C20H23N3O3S. The summed E-state index contributed by atoms with van der Waals surface area (Å²) in [6.45, 7) is 5.92. The van der Waals surface area contributed by atoms with Crippen molar-refractivity contribution >= 4 is 23.5 Å². The van der Waals surface area contributed by atoms with E-state index < -0.39 is 11.9 Å². The van der Waals surface area contributed by atoms with Gasteiger partial charge in [0, 0.05) is 11.4 Å². The number of anilines is 1. The average Bonchev–Trinajstić information content (AvgIpc) is 2.66. The molecule has 1 aliphatic rings. The maximum absolute atomic E-state index is 12.9. The van der Waals surface area contributed by atoms with Crippen molar-refractivity contribution in [1.82, 2.24) is 9.97 Å². The highest BCUT2D eigenvalue weighted by molar-refractivity contribution is 7.99. The Morgan fingerprint density at radius 2 is 2.00 bits per heavy atom. The molecule has 7 heteroatoms. The van der Waals surface area contributed by atoms with E-state index in [1.54, 1.807) is 6.92 Å². The van der Waals surface area contributed by atoms with Gasteiger partial charge in [-0.2, -0.15) is 0 Å². The molecular weight excluding hydrogens is 362 g/mol. The quantitative estimate of drug-likeness (QED) is 0.448. The van der Waals surface area contributed by atoms with Gasteiger partial charge in [0.05, 0.1) is 23.7 Å². The number of benzene rings is 1. The molecule has 0 amide bonds. The van der Waals surface area contributed by atoms with Gasteiger partial charge < -0.3 is 15.0 Å². The third-order valence-electron chi connectivity index (χ3n) is 4.29. The van der Waals surface area contributed by atoms with Crippen LogP contribution in [-0.4, -0.2) is 28.3 Å². The van der Waals surface area contributed by atoms with E-state index in [1.165, 1.54) is 11.8 Å². The van der Waals surface area contributed by atoms with Gasteiger partial charge in [-0.15, -0.1) is 0 Å². The van der Waals surface area contributed by atoms with Crippen LogP contribution >= 0.6 is 11.8 Å². The van der Waals surface area contributed by atoms with Gasteiger partial charge in [0.2, 0.25) is 0 Å². The van der Waals surface area contributed by atoms with Gasteiger partial charge in [-0.3, -0.25) is 4.79 Å². The van der Waals surface area contributed by atoms with Crippen LogP contribution < -0.4 is 10.9 Å². The molecule has 6 nitrogen and oxygen atoms in total. The highest BCUT2D eigenvalue weighted by Crippen LogP contribution is 2.39. The summed E-state index contributed by atoms with van der Waals surface area (Å²) in [6.07, 6.45) is 0.984. The number of aromatic amines is 1. The highest BCUT2D eigenvalue weighted by Gasteiger charge is 2.36. The first-order valence-corrected chi connectivity index (χ1v) is 10.0. The van der Waals surface area contributed by atoms with E-state index >= 15 is 0 Å². The lowest BCUT2D eigenvalue weighted by Gasteiger charge is -2.28. The normalized spacial score (nSPS) is 15.9. The Morgan fingerprint density at radius 3 is 2.67 bits per heavy atom. The van der Waals surface area contributed by atoms with E-state index in [1.807, 2.05) is 37.3 Å². The zero-order valence-corrected chi connectivity index (χ0v) is 16.5. The van der Waals surface area contributed by atoms with Crippen LogP contribution in [0, 0.1) is 0 Å². The Kier molecular flexibility index (Phi) is 6.01. The Hall–Kier alpha value is -2.54. The molecule has 1 atom stereocenters. The number of aromatic nitrogens is 2. The number of ether oxygens (including phenoxy) is 1. The fourth-order valence-electron chi connectivity index (χ4n) is 3.16. The van der Waals surface area contributed by atoms with Crippen LogP contribution in [0.4, 0.5) is 5.82 Å². The van der Waals surface area contributed by atoms with Crippen molar-refractivity contribution < 1.29 is 9.53 Å². The minimum atomic E-state index is -0.525. The minimum absolute atomic E-state index is 0.241. The minimum Gasteiger partial charge on any atom is -0.463 e. The van der Waals surface area contributed by atoms with Gasteiger partial charge in [-0.1, -0.05) is 49.0 Å². The van der Waals surface area contributed by atoms with Crippen LogP contribution in [0.2, 0.25) is 0 Å². The number of hydrogen-bond donors (Lipinski definition) is 2. The SMILES string of the molecule is CCCSc1nc2c(c(=O)[nH]1)C(c1ccccc1)C(C(=O)OCC)=C(C)N2. The Bertz CT molecular complexity index is 922. The molecule has 1 aliphatic heterocycles. The molecule has 27 heavy (non-hydrogen) atoms. The molecule has 1 aromatic heterocycles. The van der Waals surface area contributed by atoms with Crippen molar-refractivity contribution in [2.75, 3.05) is 17.7 Å². The zero-order valence-electron chi connectivity index (χ0n) is 15.7. The zero-order chi connectivity index (χ0) is 19.4. The maximum atomic E-state index is 12.9. The molecule has 1 aromatic carbocycles. The molecule has 3 rings (SSSR count). The second kappa shape index (κ2) is 8.43. The number of rotatable bonds is 6. The summed E-state index contributed by atoms with van der Waals surface area (Å²) in [6, 6.07) is 9.50. The van der Waals surface area contributed by atoms with Crippen LogP contribution in [0.25, 0.3) is 0 Å². The van der Waals surface area contributed by atoms with Crippen molar-refractivity contribution in [1.29, 1.82) is 0 Å². The van der Waals surface area contributed by atoms with Gasteiger partial charge in [-0.25, -0.2) is 9.78 Å². The standard InChI is InChI=1S/C20H23N3O3S/c1-4-11-27-20-22-17-16(18(24)23-20)15(13-9-7-6-8-10-13)14(12(3)21-17)19(25)26-5-2/h6-10,15H,4-5,11H2,1-3H3,(H2,21,22,23,24). The van der Waals surface area contributed by atoms with Crippen molar-refractivity contribution in [2.24, 2.45) is 0 Å². The molecule has 0 aliphatic carbocycles. The predicted octanol–water partition coefficient (Wildman–Crippen LogP) is 3.67. The van der Waals surface area contributed by atoms with Crippen LogP contribution in [0.1, 0.15) is 44.2 Å². The summed E-state index contributed by atoms with van der Waals surface area (Å²) in [5, 5.41) is 3.72. The number of nitrogens with one attached hydrogen (secondary N) is 2. The average molecular weight is 385 g/mol. The van der Waals surface area contributed by atoms with Gasteiger partial charge >= 0.3 is 5.97 Å². The number of thioether (sulfide) groups is 1. The van der Waals surface area contributed by atoms with Gasteiger partial charge in [-0.05, 0) is 25.8 Å². The first-order valence-electron chi connectivity index (χ1n) is 9.03.